The van der Waals surface area contributed by atoms with E-state index in [0.717, 1.165) is 21.8 Å². The minimum atomic E-state index is 0.307. The van der Waals surface area contributed by atoms with Crippen molar-refractivity contribution in [3.63, 3.8) is 0 Å². The summed E-state index contributed by atoms with van der Waals surface area (Å²) in [4.78, 5) is 8.78. The quantitative estimate of drug-likeness (QED) is 0.851. The fourth-order valence-electron chi connectivity index (χ4n) is 1.35. The van der Waals surface area contributed by atoms with Crippen molar-refractivity contribution in [2.75, 3.05) is 5.32 Å². The molecule has 90 valence electrons. The molecule has 2 rings (SSSR count). The van der Waals surface area contributed by atoms with Gasteiger partial charge in [-0.05, 0) is 15.9 Å². The third-order valence-corrected chi connectivity index (χ3v) is 2.66. The van der Waals surface area contributed by atoms with Crippen LogP contribution in [-0.2, 0) is 6.54 Å². The van der Waals surface area contributed by atoms with Crippen LogP contribution < -0.4 is 5.32 Å². The average molecular weight is 296 g/mol. The van der Waals surface area contributed by atoms with E-state index in [-0.39, 0.29) is 0 Å². The Morgan fingerprint density at radius 2 is 2.24 bits per heavy atom. The summed E-state index contributed by atoms with van der Waals surface area (Å²) in [6.07, 6.45) is 3.64. The molecule has 0 radical (unpaired) electrons. The molecule has 2 heterocycles. The predicted molar refractivity (Wildman–Crippen MR) is 69.7 cm³/mol. The Morgan fingerprint density at radius 1 is 1.41 bits per heavy atom. The summed E-state index contributed by atoms with van der Waals surface area (Å²) >= 11 is 3.39. The van der Waals surface area contributed by atoms with Crippen LogP contribution in [0.2, 0.25) is 0 Å². The first kappa shape index (κ1) is 12.0. The second-order valence-electron chi connectivity index (χ2n) is 4.05. The maximum absolute atomic E-state index is 4.45. The van der Waals surface area contributed by atoms with Crippen molar-refractivity contribution in [2.24, 2.45) is 0 Å². The number of aromatic nitrogens is 4. The highest BCUT2D eigenvalue weighted by Crippen LogP contribution is 2.17. The van der Waals surface area contributed by atoms with Crippen LogP contribution in [0.15, 0.2) is 23.1 Å². The van der Waals surface area contributed by atoms with E-state index >= 15 is 0 Å². The number of anilines is 1. The van der Waals surface area contributed by atoms with E-state index < -0.39 is 0 Å². The normalized spacial score (nSPS) is 10.8. The zero-order valence-electron chi connectivity index (χ0n) is 9.74. The van der Waals surface area contributed by atoms with Gasteiger partial charge in [0.15, 0.2) is 0 Å². The molecule has 5 nitrogen and oxygen atoms in total. The lowest BCUT2D eigenvalue weighted by molar-refractivity contribution is 0.769. The molecule has 0 amide bonds. The Labute approximate surface area is 108 Å². The first-order chi connectivity index (χ1) is 8.15. The molecule has 0 saturated carbocycles. The zero-order valence-corrected chi connectivity index (χ0v) is 11.3. The van der Waals surface area contributed by atoms with Gasteiger partial charge in [-0.25, -0.2) is 9.97 Å². The summed E-state index contributed by atoms with van der Waals surface area (Å²) in [5, 5.41) is 9.91. The zero-order chi connectivity index (χ0) is 12.3. The van der Waals surface area contributed by atoms with Crippen molar-refractivity contribution < 1.29 is 0 Å². The Bertz CT molecular complexity index is 481. The number of nitrogens with one attached hydrogen (secondary N) is 2. The Kier molecular flexibility index (Phi) is 3.73. The van der Waals surface area contributed by atoms with Crippen LogP contribution in [0.25, 0.3) is 0 Å². The highest BCUT2D eigenvalue weighted by atomic mass is 79.9. The number of aromatic amines is 1. The van der Waals surface area contributed by atoms with Gasteiger partial charge in [0.25, 0.3) is 0 Å². The van der Waals surface area contributed by atoms with Gasteiger partial charge in [-0.2, -0.15) is 5.10 Å². The number of hydrogen-bond acceptors (Lipinski definition) is 4. The van der Waals surface area contributed by atoms with Gasteiger partial charge in [-0.15, -0.1) is 0 Å². The summed E-state index contributed by atoms with van der Waals surface area (Å²) in [5.74, 6) is 1.95. The number of rotatable bonds is 4. The van der Waals surface area contributed by atoms with Gasteiger partial charge in [0.2, 0.25) is 0 Å². The second-order valence-corrected chi connectivity index (χ2v) is 4.86. The van der Waals surface area contributed by atoms with Crippen LogP contribution in [0.1, 0.15) is 31.2 Å². The van der Waals surface area contributed by atoms with E-state index in [1.54, 1.807) is 6.20 Å². The Balaban J connectivity index is 2.10. The van der Waals surface area contributed by atoms with Crippen LogP contribution in [-0.4, -0.2) is 20.2 Å². The molecule has 0 aromatic carbocycles. The van der Waals surface area contributed by atoms with Crippen LogP contribution in [0, 0.1) is 0 Å². The molecule has 6 heteroatoms. The van der Waals surface area contributed by atoms with Crippen LogP contribution in [0.4, 0.5) is 5.82 Å². The molecule has 0 saturated heterocycles. The molecule has 0 aliphatic carbocycles. The van der Waals surface area contributed by atoms with Crippen molar-refractivity contribution in [1.29, 1.82) is 0 Å². The first-order valence-corrected chi connectivity index (χ1v) is 6.20. The van der Waals surface area contributed by atoms with Crippen molar-refractivity contribution >= 4 is 21.7 Å². The topological polar surface area (TPSA) is 66.5 Å². The maximum atomic E-state index is 4.45. The van der Waals surface area contributed by atoms with Crippen molar-refractivity contribution in [3.8, 4) is 0 Å². The number of hydrogen-bond donors (Lipinski definition) is 2. The molecule has 0 fully saturated rings. The van der Waals surface area contributed by atoms with Gasteiger partial charge in [-0.1, -0.05) is 13.8 Å². The monoisotopic (exact) mass is 295 g/mol. The smallest absolute Gasteiger partial charge is 0.134 e. The minimum absolute atomic E-state index is 0.307. The highest BCUT2D eigenvalue weighted by Gasteiger charge is 2.06. The molecule has 0 bridgehead atoms. The first-order valence-electron chi connectivity index (χ1n) is 5.41. The fourth-order valence-corrected chi connectivity index (χ4v) is 1.75. The molecule has 2 aromatic rings. The highest BCUT2D eigenvalue weighted by molar-refractivity contribution is 9.10. The van der Waals surface area contributed by atoms with Gasteiger partial charge in [0.05, 0.1) is 6.20 Å². The lowest BCUT2D eigenvalue weighted by atomic mass is 10.2. The van der Waals surface area contributed by atoms with Gasteiger partial charge in [0.1, 0.15) is 16.2 Å². The van der Waals surface area contributed by atoms with E-state index in [4.69, 9.17) is 0 Å². The summed E-state index contributed by atoms with van der Waals surface area (Å²) in [6.45, 7) is 4.83. The van der Waals surface area contributed by atoms with Crippen LogP contribution in [0.3, 0.4) is 0 Å². The molecule has 17 heavy (non-hydrogen) atoms. The third-order valence-electron chi connectivity index (χ3n) is 2.26. The summed E-state index contributed by atoms with van der Waals surface area (Å²) in [6, 6.07) is 1.87. The number of nitrogens with zero attached hydrogens (tertiary/aromatic N) is 3. The molecular formula is C11H14BrN5. The molecule has 0 aliphatic rings. The van der Waals surface area contributed by atoms with Crippen molar-refractivity contribution in [3.05, 3.63) is 34.5 Å². The number of H-pyrrole nitrogens is 1. The SMILES string of the molecule is CC(C)c1nc(Br)cc(NCc2cn[nH]c2)n1. The number of halogens is 1. The standard InChI is InChI=1S/C11H14BrN5/c1-7(2)11-16-9(12)3-10(17-11)13-4-8-5-14-15-6-8/h3,5-7H,4H2,1-2H3,(H,14,15)(H,13,16,17). The van der Waals surface area contributed by atoms with Crippen LogP contribution in [0.5, 0.6) is 0 Å². The average Bonchev–Trinajstić information content (AvgIpc) is 2.78. The summed E-state index contributed by atoms with van der Waals surface area (Å²) in [5.41, 5.74) is 1.09. The molecule has 2 N–H and O–H groups in total. The van der Waals surface area contributed by atoms with Crippen LogP contribution >= 0.6 is 15.9 Å². The second kappa shape index (κ2) is 5.27. The minimum Gasteiger partial charge on any atom is -0.366 e. The molecule has 2 aromatic heterocycles. The van der Waals surface area contributed by atoms with E-state index in [9.17, 15) is 0 Å². The van der Waals surface area contributed by atoms with Gasteiger partial charge < -0.3 is 5.32 Å². The molecular weight excluding hydrogens is 282 g/mol. The largest absolute Gasteiger partial charge is 0.366 e. The Hall–Kier alpha value is -1.43. The molecule has 0 aliphatic heterocycles. The lowest BCUT2D eigenvalue weighted by Gasteiger charge is -2.08. The van der Waals surface area contributed by atoms with E-state index in [2.05, 4.69) is 55.3 Å². The summed E-state index contributed by atoms with van der Waals surface area (Å²) in [7, 11) is 0. The molecule has 0 spiro atoms. The lowest BCUT2D eigenvalue weighted by Crippen LogP contribution is -2.05. The van der Waals surface area contributed by atoms with Crippen molar-refractivity contribution in [1.82, 2.24) is 20.2 Å². The van der Waals surface area contributed by atoms with Gasteiger partial charge in [0, 0.05) is 30.3 Å². The fraction of sp³-hybridized carbons (Fsp3) is 0.364. The van der Waals surface area contributed by atoms with E-state index in [1.165, 1.54) is 0 Å². The van der Waals surface area contributed by atoms with Gasteiger partial charge in [-0.3, -0.25) is 5.10 Å². The molecule has 0 atom stereocenters. The van der Waals surface area contributed by atoms with E-state index in [1.807, 2.05) is 12.3 Å². The molecule has 0 unspecified atom stereocenters. The third kappa shape index (κ3) is 3.26. The maximum Gasteiger partial charge on any atom is 0.134 e. The van der Waals surface area contributed by atoms with E-state index in [0.29, 0.717) is 12.5 Å². The van der Waals surface area contributed by atoms with Crippen molar-refractivity contribution in [2.45, 2.75) is 26.3 Å². The van der Waals surface area contributed by atoms with Gasteiger partial charge >= 0.3 is 0 Å². The summed E-state index contributed by atoms with van der Waals surface area (Å²) < 4.78 is 0.797. The Morgan fingerprint density at radius 3 is 2.88 bits per heavy atom. The predicted octanol–water partition coefficient (Wildman–Crippen LogP) is 2.70.